The van der Waals surface area contributed by atoms with Gasteiger partial charge in [0, 0.05) is 12.5 Å². The molecule has 4 heteroatoms. The summed E-state index contributed by atoms with van der Waals surface area (Å²) in [5.41, 5.74) is 0. The summed E-state index contributed by atoms with van der Waals surface area (Å²) >= 11 is 0. The number of carbonyl (C=O) groups is 2. The average molecular weight is 197 g/mol. The number of amides is 1. The number of aliphatic carboxylic acids is 1. The number of carboxylic acids is 1. The Morgan fingerprint density at radius 3 is 2.43 bits per heavy atom. The fourth-order valence-electron chi connectivity index (χ4n) is 2.37. The Kier molecular flexibility index (Phi) is 2.44. The topological polar surface area (TPSA) is 66.4 Å². The van der Waals surface area contributed by atoms with E-state index in [4.69, 9.17) is 5.11 Å². The molecule has 0 aliphatic heterocycles. The summed E-state index contributed by atoms with van der Waals surface area (Å²) < 4.78 is 0. The fraction of sp³-hybridized carbons (Fsp3) is 0.800. The molecule has 0 spiro atoms. The minimum absolute atomic E-state index is 0.0192. The second kappa shape index (κ2) is 3.59. The van der Waals surface area contributed by atoms with Crippen LogP contribution in [0.1, 0.15) is 25.7 Å². The van der Waals surface area contributed by atoms with Crippen molar-refractivity contribution in [1.29, 1.82) is 0 Å². The van der Waals surface area contributed by atoms with Crippen molar-refractivity contribution in [2.45, 2.75) is 25.7 Å². The van der Waals surface area contributed by atoms with Crippen molar-refractivity contribution < 1.29 is 14.7 Å². The second-order valence-corrected chi connectivity index (χ2v) is 4.36. The number of nitrogens with one attached hydrogen (secondary N) is 1. The lowest BCUT2D eigenvalue weighted by molar-refractivity contribution is -0.137. The lowest BCUT2D eigenvalue weighted by atomic mass is 10.0. The van der Waals surface area contributed by atoms with Crippen molar-refractivity contribution >= 4 is 11.9 Å². The SMILES string of the molecule is O=C(O)CCNC(=O)C1CC2CC2C1. The smallest absolute Gasteiger partial charge is 0.305 e. The molecule has 0 aromatic rings. The normalized spacial score (nSPS) is 33.6. The maximum Gasteiger partial charge on any atom is 0.305 e. The first kappa shape index (κ1) is 9.49. The van der Waals surface area contributed by atoms with E-state index in [0.717, 1.165) is 24.7 Å². The average Bonchev–Trinajstić information content (AvgIpc) is 2.73. The molecule has 2 atom stereocenters. The predicted molar refractivity (Wildman–Crippen MR) is 49.6 cm³/mol. The molecule has 0 bridgehead atoms. The quantitative estimate of drug-likeness (QED) is 0.694. The molecular weight excluding hydrogens is 182 g/mol. The molecule has 2 N–H and O–H groups in total. The third-order valence-electron chi connectivity index (χ3n) is 3.25. The predicted octanol–water partition coefficient (Wildman–Crippen LogP) is 0.623. The van der Waals surface area contributed by atoms with Crippen LogP contribution < -0.4 is 5.32 Å². The van der Waals surface area contributed by atoms with Crippen molar-refractivity contribution in [3.05, 3.63) is 0 Å². The van der Waals surface area contributed by atoms with Crippen molar-refractivity contribution in [2.24, 2.45) is 17.8 Å². The van der Waals surface area contributed by atoms with E-state index in [2.05, 4.69) is 5.32 Å². The lowest BCUT2D eigenvalue weighted by Gasteiger charge is -2.11. The van der Waals surface area contributed by atoms with Gasteiger partial charge in [-0.1, -0.05) is 0 Å². The zero-order chi connectivity index (χ0) is 10.1. The largest absolute Gasteiger partial charge is 0.481 e. The summed E-state index contributed by atoms with van der Waals surface area (Å²) in [5.74, 6) is 0.945. The summed E-state index contributed by atoms with van der Waals surface area (Å²) in [4.78, 5) is 21.7. The highest BCUT2D eigenvalue weighted by atomic mass is 16.4. The van der Waals surface area contributed by atoms with Crippen LogP contribution in [0.15, 0.2) is 0 Å². The van der Waals surface area contributed by atoms with E-state index in [1.54, 1.807) is 0 Å². The van der Waals surface area contributed by atoms with Gasteiger partial charge >= 0.3 is 5.97 Å². The molecular formula is C10H15NO3. The molecule has 14 heavy (non-hydrogen) atoms. The Morgan fingerprint density at radius 2 is 1.86 bits per heavy atom. The van der Waals surface area contributed by atoms with Gasteiger partial charge in [0.25, 0.3) is 0 Å². The number of fused-ring (bicyclic) bond motifs is 1. The van der Waals surface area contributed by atoms with Crippen LogP contribution >= 0.6 is 0 Å². The Labute approximate surface area is 82.7 Å². The number of hydrogen-bond donors (Lipinski definition) is 2. The van der Waals surface area contributed by atoms with E-state index < -0.39 is 5.97 Å². The summed E-state index contributed by atoms with van der Waals surface area (Å²) in [7, 11) is 0. The molecule has 0 radical (unpaired) electrons. The highest BCUT2D eigenvalue weighted by Gasteiger charge is 2.47. The molecule has 78 valence electrons. The third kappa shape index (κ3) is 2.05. The lowest BCUT2D eigenvalue weighted by Crippen LogP contribution is -2.31. The molecule has 2 rings (SSSR count). The second-order valence-electron chi connectivity index (χ2n) is 4.36. The Bertz CT molecular complexity index is 254. The summed E-state index contributed by atoms with van der Waals surface area (Å²) in [5, 5.41) is 11.1. The van der Waals surface area contributed by atoms with Gasteiger partial charge in [0.15, 0.2) is 0 Å². The molecule has 2 aliphatic carbocycles. The standard InChI is InChI=1S/C10H15NO3/c12-9(13)1-2-11-10(14)8-4-6-3-7(6)5-8/h6-8H,1-5H2,(H,11,14)(H,12,13). The first-order valence-corrected chi connectivity index (χ1v) is 5.16. The minimum atomic E-state index is -0.862. The van der Waals surface area contributed by atoms with Crippen LogP contribution in [0, 0.1) is 17.8 Å². The van der Waals surface area contributed by atoms with Gasteiger partial charge < -0.3 is 10.4 Å². The van der Waals surface area contributed by atoms with Crippen molar-refractivity contribution in [1.82, 2.24) is 5.32 Å². The molecule has 1 amide bonds. The van der Waals surface area contributed by atoms with Gasteiger partial charge in [-0.2, -0.15) is 0 Å². The van der Waals surface area contributed by atoms with Gasteiger partial charge in [0.05, 0.1) is 6.42 Å². The summed E-state index contributed by atoms with van der Waals surface area (Å²) in [6.45, 7) is 0.264. The first-order valence-electron chi connectivity index (χ1n) is 5.16. The summed E-state index contributed by atoms with van der Waals surface area (Å²) in [6.07, 6.45) is 3.36. The van der Waals surface area contributed by atoms with Crippen LogP contribution in [0.3, 0.4) is 0 Å². The molecule has 2 saturated carbocycles. The van der Waals surface area contributed by atoms with Crippen LogP contribution in [-0.2, 0) is 9.59 Å². The van der Waals surface area contributed by atoms with Gasteiger partial charge in [-0.3, -0.25) is 9.59 Å². The monoisotopic (exact) mass is 197 g/mol. The number of rotatable bonds is 4. The van der Waals surface area contributed by atoms with E-state index in [-0.39, 0.29) is 24.8 Å². The van der Waals surface area contributed by atoms with E-state index in [1.807, 2.05) is 0 Å². The van der Waals surface area contributed by atoms with Crippen LogP contribution in [0.5, 0.6) is 0 Å². The maximum atomic E-state index is 11.5. The fourth-order valence-corrected chi connectivity index (χ4v) is 2.37. The van der Waals surface area contributed by atoms with E-state index in [9.17, 15) is 9.59 Å². The molecule has 2 aliphatic rings. The van der Waals surface area contributed by atoms with Gasteiger partial charge in [0.1, 0.15) is 0 Å². The molecule has 4 nitrogen and oxygen atoms in total. The molecule has 2 unspecified atom stereocenters. The van der Waals surface area contributed by atoms with Gasteiger partial charge in [-0.25, -0.2) is 0 Å². The molecule has 2 fully saturated rings. The van der Waals surface area contributed by atoms with Crippen LogP contribution in [0.25, 0.3) is 0 Å². The Morgan fingerprint density at radius 1 is 1.21 bits per heavy atom. The van der Waals surface area contributed by atoms with Gasteiger partial charge in [-0.05, 0) is 31.1 Å². The third-order valence-corrected chi connectivity index (χ3v) is 3.25. The van der Waals surface area contributed by atoms with Crippen LogP contribution in [-0.4, -0.2) is 23.5 Å². The molecule has 0 heterocycles. The van der Waals surface area contributed by atoms with E-state index in [1.165, 1.54) is 6.42 Å². The van der Waals surface area contributed by atoms with Crippen molar-refractivity contribution in [2.75, 3.05) is 6.54 Å². The van der Waals surface area contributed by atoms with Gasteiger partial charge in [-0.15, -0.1) is 0 Å². The highest BCUT2D eigenvalue weighted by molar-refractivity contribution is 5.79. The Balaban J connectivity index is 1.66. The number of hydrogen-bond acceptors (Lipinski definition) is 2. The van der Waals surface area contributed by atoms with E-state index in [0.29, 0.717) is 0 Å². The molecule has 0 aromatic heterocycles. The van der Waals surface area contributed by atoms with Crippen LogP contribution in [0.4, 0.5) is 0 Å². The first-order chi connectivity index (χ1) is 6.66. The Hall–Kier alpha value is -1.06. The van der Waals surface area contributed by atoms with Crippen molar-refractivity contribution in [3.63, 3.8) is 0 Å². The minimum Gasteiger partial charge on any atom is -0.481 e. The zero-order valence-corrected chi connectivity index (χ0v) is 8.03. The maximum absolute atomic E-state index is 11.5. The zero-order valence-electron chi connectivity index (χ0n) is 8.03. The van der Waals surface area contributed by atoms with Crippen molar-refractivity contribution in [3.8, 4) is 0 Å². The van der Waals surface area contributed by atoms with Gasteiger partial charge in [0.2, 0.25) is 5.91 Å². The number of carboxylic acid groups (broad SMARTS) is 1. The van der Waals surface area contributed by atoms with E-state index >= 15 is 0 Å². The molecule has 0 aromatic carbocycles. The molecule has 0 saturated heterocycles. The number of carbonyl (C=O) groups excluding carboxylic acids is 1. The highest BCUT2D eigenvalue weighted by Crippen LogP contribution is 2.54. The van der Waals surface area contributed by atoms with Crippen LogP contribution in [0.2, 0.25) is 0 Å². The summed E-state index contributed by atoms with van der Waals surface area (Å²) in [6, 6.07) is 0.